The maximum absolute atomic E-state index is 11.1. The van der Waals surface area contributed by atoms with Crippen molar-refractivity contribution in [3.8, 4) is 11.8 Å². The number of cyclic esters (lactones) is 1. The molecule has 1 saturated heterocycles. The summed E-state index contributed by atoms with van der Waals surface area (Å²) in [7, 11) is 0. The van der Waals surface area contributed by atoms with Gasteiger partial charge in [0.25, 0.3) is 5.91 Å². The second-order valence-electron chi connectivity index (χ2n) is 3.03. The van der Waals surface area contributed by atoms with Crippen molar-refractivity contribution in [2.45, 2.75) is 32.2 Å². The van der Waals surface area contributed by atoms with E-state index in [-0.39, 0.29) is 5.97 Å². The van der Waals surface area contributed by atoms with E-state index in [1.165, 1.54) is 0 Å². The third-order valence-corrected chi connectivity index (χ3v) is 1.82. The Kier molecular flexibility index (Phi) is 3.99. The molecule has 14 heavy (non-hydrogen) atoms. The summed E-state index contributed by atoms with van der Waals surface area (Å²) in [6.45, 7) is 2.37. The summed E-state index contributed by atoms with van der Waals surface area (Å²) in [6.07, 6.45) is 2.16. The standard InChI is InChI=1S/C10H13NO3/c1-2-3-4-5-9(12)11-8-6-7-14-10(8)13/h8H,2-3,6-7H2,1H3,(H,11,12). The van der Waals surface area contributed by atoms with Crippen LogP contribution in [0.3, 0.4) is 0 Å². The third kappa shape index (κ3) is 3.09. The van der Waals surface area contributed by atoms with Gasteiger partial charge in [0.2, 0.25) is 0 Å². The van der Waals surface area contributed by atoms with Gasteiger partial charge < -0.3 is 10.1 Å². The van der Waals surface area contributed by atoms with Crippen LogP contribution in [0.2, 0.25) is 0 Å². The van der Waals surface area contributed by atoms with Crippen molar-refractivity contribution in [2.24, 2.45) is 0 Å². The first-order valence-electron chi connectivity index (χ1n) is 4.70. The largest absolute Gasteiger partial charge is 0.464 e. The molecule has 1 heterocycles. The number of nitrogens with one attached hydrogen (secondary N) is 1. The van der Waals surface area contributed by atoms with Gasteiger partial charge in [-0.05, 0) is 12.3 Å². The molecule has 0 aromatic rings. The number of carbonyl (C=O) groups is 2. The van der Waals surface area contributed by atoms with Crippen LogP contribution >= 0.6 is 0 Å². The van der Waals surface area contributed by atoms with Crippen LogP contribution in [0.4, 0.5) is 0 Å². The van der Waals surface area contributed by atoms with E-state index in [4.69, 9.17) is 4.74 Å². The van der Waals surface area contributed by atoms with Gasteiger partial charge in [0, 0.05) is 12.8 Å². The second kappa shape index (κ2) is 5.28. The maximum Gasteiger partial charge on any atom is 0.328 e. The fourth-order valence-electron chi connectivity index (χ4n) is 1.09. The maximum atomic E-state index is 11.1. The van der Waals surface area contributed by atoms with Crippen LogP contribution in [-0.2, 0) is 14.3 Å². The first-order valence-corrected chi connectivity index (χ1v) is 4.70. The Balaban J connectivity index is 2.34. The number of amides is 1. The van der Waals surface area contributed by atoms with E-state index in [1.807, 2.05) is 6.92 Å². The Bertz CT molecular complexity index is 287. The number of rotatable bonds is 2. The van der Waals surface area contributed by atoms with Crippen LogP contribution in [0, 0.1) is 11.8 Å². The van der Waals surface area contributed by atoms with Crippen LogP contribution in [-0.4, -0.2) is 24.5 Å². The minimum atomic E-state index is -0.501. The molecule has 4 heteroatoms. The fraction of sp³-hybridized carbons (Fsp3) is 0.600. The molecule has 0 radical (unpaired) electrons. The summed E-state index contributed by atoms with van der Waals surface area (Å²) in [5, 5.41) is 2.50. The van der Waals surface area contributed by atoms with Gasteiger partial charge in [0.05, 0.1) is 6.61 Å². The first kappa shape index (κ1) is 10.6. The highest BCUT2D eigenvalue weighted by Crippen LogP contribution is 2.04. The normalized spacial score (nSPS) is 19.5. The molecule has 1 fully saturated rings. The minimum absolute atomic E-state index is 0.365. The summed E-state index contributed by atoms with van der Waals surface area (Å²) in [4.78, 5) is 22.1. The molecule has 0 aromatic carbocycles. The van der Waals surface area contributed by atoms with Crippen LogP contribution in [0.15, 0.2) is 0 Å². The number of ether oxygens (including phenoxy) is 1. The van der Waals surface area contributed by atoms with Crippen LogP contribution in [0.25, 0.3) is 0 Å². The molecule has 1 unspecified atom stereocenters. The number of hydrogen-bond acceptors (Lipinski definition) is 3. The molecule has 0 aliphatic carbocycles. The van der Waals surface area contributed by atoms with Gasteiger partial charge in [0.15, 0.2) is 0 Å². The van der Waals surface area contributed by atoms with Crippen molar-refractivity contribution >= 4 is 11.9 Å². The van der Waals surface area contributed by atoms with Crippen molar-refractivity contribution in [1.82, 2.24) is 5.32 Å². The van der Waals surface area contributed by atoms with Crippen molar-refractivity contribution < 1.29 is 14.3 Å². The van der Waals surface area contributed by atoms with Crippen molar-refractivity contribution in [3.63, 3.8) is 0 Å². The molecule has 1 amide bonds. The fourth-order valence-corrected chi connectivity index (χ4v) is 1.09. The molecule has 1 aliphatic heterocycles. The van der Waals surface area contributed by atoms with E-state index < -0.39 is 11.9 Å². The predicted molar refractivity (Wildman–Crippen MR) is 50.2 cm³/mol. The molecule has 1 atom stereocenters. The lowest BCUT2D eigenvalue weighted by Gasteiger charge is -2.03. The van der Waals surface area contributed by atoms with Crippen LogP contribution in [0.5, 0.6) is 0 Å². The van der Waals surface area contributed by atoms with E-state index in [9.17, 15) is 9.59 Å². The summed E-state index contributed by atoms with van der Waals surface area (Å²) in [5.74, 6) is 4.37. The quantitative estimate of drug-likeness (QED) is 0.506. The summed E-state index contributed by atoms with van der Waals surface area (Å²) in [5.41, 5.74) is 0. The average Bonchev–Trinajstić information content (AvgIpc) is 2.52. The molecule has 0 bridgehead atoms. The molecule has 76 valence electrons. The minimum Gasteiger partial charge on any atom is -0.464 e. The third-order valence-electron chi connectivity index (χ3n) is 1.82. The molecule has 0 aromatic heterocycles. The number of esters is 1. The molecule has 1 rings (SSSR count). The molecular formula is C10H13NO3. The molecule has 1 aliphatic rings. The summed E-state index contributed by atoms with van der Waals surface area (Å²) < 4.78 is 4.69. The first-order chi connectivity index (χ1) is 6.74. The Hall–Kier alpha value is -1.50. The van der Waals surface area contributed by atoms with Gasteiger partial charge in [-0.25, -0.2) is 4.79 Å². The van der Waals surface area contributed by atoms with Crippen molar-refractivity contribution in [3.05, 3.63) is 0 Å². The predicted octanol–water partition coefficient (Wildman–Crippen LogP) is 0.222. The number of unbranched alkanes of at least 4 members (excludes halogenated alkanes) is 1. The van der Waals surface area contributed by atoms with E-state index in [0.29, 0.717) is 19.4 Å². The molecule has 4 nitrogen and oxygen atoms in total. The van der Waals surface area contributed by atoms with E-state index >= 15 is 0 Å². The summed E-state index contributed by atoms with van der Waals surface area (Å²) >= 11 is 0. The van der Waals surface area contributed by atoms with Crippen LogP contribution in [0.1, 0.15) is 26.2 Å². The van der Waals surface area contributed by atoms with Gasteiger partial charge in [-0.1, -0.05) is 12.8 Å². The van der Waals surface area contributed by atoms with Gasteiger partial charge in [0.1, 0.15) is 6.04 Å². The highest BCUT2D eigenvalue weighted by atomic mass is 16.5. The van der Waals surface area contributed by atoms with Gasteiger partial charge in [-0.2, -0.15) is 0 Å². The Labute approximate surface area is 83.0 Å². The van der Waals surface area contributed by atoms with Crippen LogP contribution < -0.4 is 5.32 Å². The lowest BCUT2D eigenvalue weighted by molar-refractivity contribution is -0.140. The smallest absolute Gasteiger partial charge is 0.328 e. The van der Waals surface area contributed by atoms with Gasteiger partial charge >= 0.3 is 5.97 Å². The van der Waals surface area contributed by atoms with Gasteiger partial charge in [-0.3, -0.25) is 4.79 Å². The SMILES string of the molecule is CCCC#CC(=O)NC1CCOC1=O. The van der Waals surface area contributed by atoms with Gasteiger partial charge in [-0.15, -0.1) is 0 Å². The summed E-state index contributed by atoms with van der Waals surface area (Å²) in [6, 6.07) is -0.501. The Morgan fingerprint density at radius 1 is 1.71 bits per heavy atom. The molecular weight excluding hydrogens is 182 g/mol. The highest BCUT2D eigenvalue weighted by molar-refractivity contribution is 5.96. The van der Waals surface area contributed by atoms with Crippen molar-refractivity contribution in [1.29, 1.82) is 0 Å². The molecule has 1 N–H and O–H groups in total. The zero-order chi connectivity index (χ0) is 10.4. The van der Waals surface area contributed by atoms with E-state index in [1.54, 1.807) is 0 Å². The molecule has 0 spiro atoms. The van der Waals surface area contributed by atoms with E-state index in [0.717, 1.165) is 6.42 Å². The zero-order valence-electron chi connectivity index (χ0n) is 8.13. The number of carbonyl (C=O) groups excluding carboxylic acids is 2. The lowest BCUT2D eigenvalue weighted by atomic mass is 10.2. The highest BCUT2D eigenvalue weighted by Gasteiger charge is 2.27. The monoisotopic (exact) mass is 195 g/mol. The van der Waals surface area contributed by atoms with Crippen molar-refractivity contribution in [2.75, 3.05) is 6.61 Å². The Morgan fingerprint density at radius 3 is 3.07 bits per heavy atom. The number of hydrogen-bond donors (Lipinski definition) is 1. The topological polar surface area (TPSA) is 55.4 Å². The average molecular weight is 195 g/mol. The zero-order valence-corrected chi connectivity index (χ0v) is 8.13. The second-order valence-corrected chi connectivity index (χ2v) is 3.03. The molecule has 0 saturated carbocycles. The van der Waals surface area contributed by atoms with E-state index in [2.05, 4.69) is 17.2 Å². The lowest BCUT2D eigenvalue weighted by Crippen LogP contribution is -2.37. The Morgan fingerprint density at radius 2 is 2.50 bits per heavy atom.